The lowest BCUT2D eigenvalue weighted by Gasteiger charge is -2.51. The SMILES string of the molecule is C[n+]1ccccc1N1CC/C(=C\C2=C(C(=O)[O-])N3C(=O)[C@@H](NC(=O)/C=N\OC4CCCC4C4N=CSN4N)[C@H]3CC2)C1=O. The second-order valence-corrected chi connectivity index (χ2v) is 12.0. The highest BCUT2D eigenvalue weighted by atomic mass is 32.2. The van der Waals surface area contributed by atoms with Crippen molar-refractivity contribution in [3.63, 3.8) is 0 Å². The summed E-state index contributed by atoms with van der Waals surface area (Å²) in [6.45, 7) is 0.460. The van der Waals surface area contributed by atoms with E-state index in [1.54, 1.807) is 20.9 Å². The number of fused-ring (bicyclic) bond motifs is 1. The molecule has 3 unspecified atom stereocenters. The van der Waals surface area contributed by atoms with Gasteiger partial charge in [0.1, 0.15) is 24.5 Å². The van der Waals surface area contributed by atoms with Crippen molar-refractivity contribution in [1.29, 1.82) is 0 Å². The normalized spacial score (nSPS) is 30.0. The number of hydrogen-bond donors (Lipinski definition) is 2. The van der Waals surface area contributed by atoms with Crippen LogP contribution in [-0.2, 0) is 31.1 Å². The number of carbonyl (C=O) groups excluding carboxylic acids is 4. The number of nitrogens with two attached hydrogens (primary N) is 1. The van der Waals surface area contributed by atoms with E-state index in [1.165, 1.54) is 11.9 Å². The number of hydrazine groups is 1. The van der Waals surface area contributed by atoms with Crippen molar-refractivity contribution in [2.75, 3.05) is 11.4 Å². The fourth-order valence-corrected chi connectivity index (χ4v) is 7.16. The van der Waals surface area contributed by atoms with Crippen LogP contribution < -0.4 is 25.7 Å². The predicted molar refractivity (Wildman–Crippen MR) is 153 cm³/mol. The highest BCUT2D eigenvalue weighted by Crippen LogP contribution is 2.38. The molecule has 0 bridgehead atoms. The molecular formula is C28H32N8O6S. The van der Waals surface area contributed by atoms with Gasteiger partial charge in [0.25, 0.3) is 17.6 Å². The van der Waals surface area contributed by atoms with Gasteiger partial charge >= 0.3 is 5.91 Å². The minimum Gasteiger partial charge on any atom is -0.543 e. The second kappa shape index (κ2) is 11.9. The molecule has 14 nitrogen and oxygen atoms in total. The number of hydrogen-bond acceptors (Lipinski definition) is 11. The third-order valence-corrected chi connectivity index (χ3v) is 9.31. The highest BCUT2D eigenvalue weighted by Gasteiger charge is 2.52. The summed E-state index contributed by atoms with van der Waals surface area (Å²) in [5.41, 5.74) is 2.25. The van der Waals surface area contributed by atoms with Gasteiger partial charge in [0.05, 0.1) is 43.0 Å². The molecule has 0 aromatic carbocycles. The molecule has 226 valence electrons. The Kier molecular flexibility index (Phi) is 8.03. The lowest BCUT2D eigenvalue weighted by Crippen LogP contribution is -2.72. The van der Waals surface area contributed by atoms with Gasteiger partial charge in [0, 0.05) is 24.0 Å². The van der Waals surface area contributed by atoms with Gasteiger partial charge < -0.3 is 25.0 Å². The third-order valence-electron chi connectivity index (χ3n) is 8.64. The number of carboxylic acids is 1. The zero-order chi connectivity index (χ0) is 30.2. The molecule has 1 saturated carbocycles. The monoisotopic (exact) mass is 608 g/mol. The quantitative estimate of drug-likeness (QED) is 0.0715. The number of aliphatic carboxylic acids is 1. The Balaban J connectivity index is 1.09. The average Bonchev–Trinajstić information content (AvgIpc) is 3.72. The number of allylic oxidation sites excluding steroid dienone is 2. The molecule has 0 radical (unpaired) electrons. The highest BCUT2D eigenvalue weighted by molar-refractivity contribution is 8.10. The molecule has 5 heterocycles. The Hall–Kier alpha value is -4.08. The number of carbonyl (C=O) groups is 4. The minimum atomic E-state index is -1.51. The van der Waals surface area contributed by atoms with Crippen LogP contribution >= 0.6 is 11.9 Å². The lowest BCUT2D eigenvalue weighted by atomic mass is 9.83. The maximum atomic E-state index is 13.2. The summed E-state index contributed by atoms with van der Waals surface area (Å²) in [5, 5.41) is 18.7. The van der Waals surface area contributed by atoms with Crippen molar-refractivity contribution in [3.05, 3.63) is 47.3 Å². The number of β-lactam (4-membered cyclic amide) rings is 1. The number of aryl methyl sites for hydroxylation is 1. The van der Waals surface area contributed by atoms with Crippen LogP contribution in [0.15, 0.2) is 57.5 Å². The zero-order valence-electron chi connectivity index (χ0n) is 23.5. The van der Waals surface area contributed by atoms with Gasteiger partial charge in [-0.25, -0.2) is 9.36 Å². The van der Waals surface area contributed by atoms with Crippen LogP contribution in [0.5, 0.6) is 0 Å². The maximum Gasteiger partial charge on any atom is 0.337 e. The predicted octanol–water partition coefficient (Wildman–Crippen LogP) is -0.969. The second-order valence-electron chi connectivity index (χ2n) is 11.1. The Morgan fingerprint density at radius 1 is 1.26 bits per heavy atom. The topological polar surface area (TPSA) is 177 Å². The lowest BCUT2D eigenvalue weighted by molar-refractivity contribution is -0.658. The van der Waals surface area contributed by atoms with E-state index in [-0.39, 0.29) is 29.8 Å². The van der Waals surface area contributed by atoms with E-state index < -0.39 is 29.9 Å². The summed E-state index contributed by atoms with van der Waals surface area (Å²) < 4.78 is 3.41. The number of oxime groups is 1. The van der Waals surface area contributed by atoms with E-state index >= 15 is 0 Å². The van der Waals surface area contributed by atoms with Crippen molar-refractivity contribution in [2.45, 2.75) is 62.9 Å². The van der Waals surface area contributed by atoms with Gasteiger partial charge in [-0.3, -0.25) is 20.4 Å². The number of rotatable bonds is 8. The average molecular weight is 609 g/mol. The smallest absolute Gasteiger partial charge is 0.337 e. The fraction of sp³-hybridized carbons (Fsp3) is 0.464. The molecule has 1 aromatic heterocycles. The van der Waals surface area contributed by atoms with Crippen LogP contribution in [-0.4, -0.2) is 75.7 Å². The molecule has 15 heteroatoms. The number of nitrogens with zero attached hydrogens (tertiary/aromatic N) is 6. The summed E-state index contributed by atoms with van der Waals surface area (Å²) in [6, 6.07) is 4.10. The number of pyridine rings is 1. The van der Waals surface area contributed by atoms with Crippen molar-refractivity contribution in [2.24, 2.45) is 29.0 Å². The van der Waals surface area contributed by atoms with Gasteiger partial charge in [-0.1, -0.05) is 11.2 Å². The summed E-state index contributed by atoms with van der Waals surface area (Å²) in [5.74, 6) is 3.84. The molecule has 2 saturated heterocycles. The molecule has 6 rings (SSSR count). The molecule has 3 fully saturated rings. The molecule has 3 N–H and O–H groups in total. The minimum absolute atomic E-state index is 0.0448. The first-order chi connectivity index (χ1) is 20.7. The first-order valence-electron chi connectivity index (χ1n) is 14.2. The molecular weight excluding hydrogens is 576 g/mol. The van der Waals surface area contributed by atoms with Gasteiger partial charge in [-0.2, -0.15) is 9.31 Å². The largest absolute Gasteiger partial charge is 0.543 e. The van der Waals surface area contributed by atoms with Crippen LogP contribution in [0, 0.1) is 5.92 Å². The van der Waals surface area contributed by atoms with Crippen LogP contribution in [0.3, 0.4) is 0 Å². The van der Waals surface area contributed by atoms with Gasteiger partial charge in [-0.05, 0) is 61.8 Å². The van der Waals surface area contributed by atoms with Crippen molar-refractivity contribution in [1.82, 2.24) is 14.6 Å². The van der Waals surface area contributed by atoms with E-state index in [0.29, 0.717) is 37.0 Å². The molecule has 0 spiro atoms. The number of carboxylic acid groups (broad SMARTS) is 1. The summed E-state index contributed by atoms with van der Waals surface area (Å²) in [7, 11) is 1.84. The van der Waals surface area contributed by atoms with Gasteiger partial charge in [0.2, 0.25) is 0 Å². The van der Waals surface area contributed by atoms with Crippen LogP contribution in [0.25, 0.3) is 0 Å². The van der Waals surface area contributed by atoms with Crippen LogP contribution in [0.2, 0.25) is 0 Å². The molecule has 3 amide bonds. The number of anilines is 1. The summed E-state index contributed by atoms with van der Waals surface area (Å²) in [6.07, 6.45) is 7.67. The number of amides is 3. The molecule has 43 heavy (non-hydrogen) atoms. The van der Waals surface area contributed by atoms with Gasteiger partial charge in [-0.15, -0.1) is 0 Å². The standard InChI is InChI=1S/C28H32N8O6S/c1-33-11-3-2-7-22(33)34-12-10-17(26(34)38)13-16-8-9-19-23(27(39)35(19)24(16)28(40)41)32-21(37)14-31-42-20-6-4-5-18(20)25-30-15-43-36(25)29/h2-3,7,11,13-15,18-20,23,25H,4-6,8-10,12,29H2,1H3,(H-,32,37,40,41)/b17-13+,31-14-/t18?,19-,20?,23+,25?/m1/s1. The molecule has 1 aromatic rings. The third kappa shape index (κ3) is 5.43. The van der Waals surface area contributed by atoms with Crippen molar-refractivity contribution in [3.8, 4) is 0 Å². The molecule has 5 aliphatic rings. The number of aliphatic imine (C=N–C) groups is 1. The number of nitrogens with one attached hydrogen (secondary N) is 1. The van der Waals surface area contributed by atoms with Gasteiger partial charge in [0.15, 0.2) is 0 Å². The molecule has 5 atom stereocenters. The Morgan fingerprint density at radius 2 is 2.09 bits per heavy atom. The van der Waals surface area contributed by atoms with Crippen LogP contribution in [0.4, 0.5) is 5.82 Å². The fourth-order valence-electron chi connectivity index (χ4n) is 6.54. The molecule has 4 aliphatic heterocycles. The van der Waals surface area contributed by atoms with E-state index in [2.05, 4.69) is 15.5 Å². The van der Waals surface area contributed by atoms with E-state index in [4.69, 9.17) is 10.7 Å². The van der Waals surface area contributed by atoms with Crippen molar-refractivity contribution >= 4 is 53.2 Å². The zero-order valence-corrected chi connectivity index (χ0v) is 24.3. The van der Waals surface area contributed by atoms with Crippen LogP contribution in [0.1, 0.15) is 38.5 Å². The first-order valence-corrected chi connectivity index (χ1v) is 15.0. The Morgan fingerprint density at radius 3 is 2.84 bits per heavy atom. The van der Waals surface area contributed by atoms with E-state index in [1.807, 2.05) is 36.0 Å². The Bertz CT molecular complexity index is 1480. The Labute approximate surface area is 252 Å². The summed E-state index contributed by atoms with van der Waals surface area (Å²) >= 11 is 1.32. The van der Waals surface area contributed by atoms with Crippen molar-refractivity contribution < 1.29 is 33.7 Å². The van der Waals surface area contributed by atoms with E-state index in [0.717, 1.165) is 36.2 Å². The number of aromatic nitrogens is 1. The van der Waals surface area contributed by atoms with E-state index in [9.17, 15) is 24.3 Å². The maximum absolute atomic E-state index is 13.2. The molecule has 1 aliphatic carbocycles. The first kappa shape index (κ1) is 29.0. The summed E-state index contributed by atoms with van der Waals surface area (Å²) in [4.78, 5) is 63.8.